The van der Waals surface area contributed by atoms with Gasteiger partial charge in [0.15, 0.2) is 0 Å². The van der Waals surface area contributed by atoms with Gasteiger partial charge in [0.25, 0.3) is 0 Å². The first-order valence-corrected chi connectivity index (χ1v) is 5.02. The summed E-state index contributed by atoms with van der Waals surface area (Å²) in [5.41, 5.74) is 0. The molecule has 88 valence electrons. The smallest absolute Gasteiger partial charge is 0.239 e. The molecule has 1 aromatic heterocycles. The van der Waals surface area contributed by atoms with Crippen LogP contribution in [-0.4, -0.2) is 35.6 Å². The molecule has 0 aromatic carbocycles. The van der Waals surface area contributed by atoms with E-state index in [1.165, 1.54) is 7.11 Å². The van der Waals surface area contributed by atoms with E-state index < -0.39 is 0 Å². The average molecular weight is 224 g/mol. The number of nitrogens with one attached hydrogen (secondary N) is 2. The maximum atomic E-state index is 11.3. The highest BCUT2D eigenvalue weighted by atomic mass is 16.5. The van der Waals surface area contributed by atoms with Crippen LogP contribution in [0.4, 0.5) is 5.95 Å². The van der Waals surface area contributed by atoms with Gasteiger partial charge in [0.1, 0.15) is 0 Å². The molecular weight excluding hydrogens is 208 g/mol. The van der Waals surface area contributed by atoms with E-state index >= 15 is 0 Å². The Morgan fingerprint density at radius 1 is 1.56 bits per heavy atom. The molecule has 0 spiro atoms. The summed E-state index contributed by atoms with van der Waals surface area (Å²) in [5, 5.41) is 5.56. The quantitative estimate of drug-likeness (QED) is 0.758. The van der Waals surface area contributed by atoms with Crippen LogP contribution < -0.4 is 15.4 Å². The molecule has 1 amide bonds. The van der Waals surface area contributed by atoms with Gasteiger partial charge >= 0.3 is 0 Å². The maximum absolute atomic E-state index is 11.3. The zero-order valence-corrected chi connectivity index (χ0v) is 9.65. The SMILES string of the molecule is COc1ccnc(NCC(=O)NC(C)C)n1. The Bertz CT molecular complexity index is 354. The lowest BCUT2D eigenvalue weighted by Gasteiger charge is -2.09. The fourth-order valence-corrected chi connectivity index (χ4v) is 1.07. The highest BCUT2D eigenvalue weighted by Gasteiger charge is 2.04. The Morgan fingerprint density at radius 3 is 2.94 bits per heavy atom. The van der Waals surface area contributed by atoms with E-state index in [1.807, 2.05) is 13.8 Å². The molecule has 6 nitrogen and oxygen atoms in total. The molecule has 0 fully saturated rings. The number of aromatic nitrogens is 2. The van der Waals surface area contributed by atoms with Crippen molar-refractivity contribution in [2.24, 2.45) is 0 Å². The van der Waals surface area contributed by atoms with E-state index in [9.17, 15) is 4.79 Å². The van der Waals surface area contributed by atoms with E-state index in [4.69, 9.17) is 4.74 Å². The summed E-state index contributed by atoms with van der Waals surface area (Å²) in [6.45, 7) is 3.95. The summed E-state index contributed by atoms with van der Waals surface area (Å²) >= 11 is 0. The van der Waals surface area contributed by atoms with Gasteiger partial charge in [-0.05, 0) is 13.8 Å². The van der Waals surface area contributed by atoms with Gasteiger partial charge in [-0.25, -0.2) is 4.98 Å². The van der Waals surface area contributed by atoms with Crippen LogP contribution in [-0.2, 0) is 4.79 Å². The van der Waals surface area contributed by atoms with E-state index in [-0.39, 0.29) is 18.5 Å². The van der Waals surface area contributed by atoms with Crippen molar-refractivity contribution in [3.8, 4) is 5.88 Å². The number of ether oxygens (including phenoxy) is 1. The van der Waals surface area contributed by atoms with Gasteiger partial charge in [0, 0.05) is 18.3 Å². The molecule has 1 heterocycles. The molecule has 0 aliphatic carbocycles. The van der Waals surface area contributed by atoms with Gasteiger partial charge in [0.05, 0.1) is 13.7 Å². The molecule has 0 atom stereocenters. The van der Waals surface area contributed by atoms with Crippen LogP contribution in [0.3, 0.4) is 0 Å². The molecule has 0 radical (unpaired) electrons. The second-order valence-corrected chi connectivity index (χ2v) is 3.50. The molecule has 1 aromatic rings. The second kappa shape index (κ2) is 5.89. The van der Waals surface area contributed by atoms with Crippen LogP contribution in [0.25, 0.3) is 0 Å². The largest absolute Gasteiger partial charge is 0.481 e. The number of carbonyl (C=O) groups is 1. The van der Waals surface area contributed by atoms with Crippen LogP contribution >= 0.6 is 0 Å². The number of amides is 1. The Kier molecular flexibility index (Phi) is 4.50. The minimum atomic E-state index is -0.0959. The summed E-state index contributed by atoms with van der Waals surface area (Å²) in [6.07, 6.45) is 1.56. The average Bonchev–Trinajstić information content (AvgIpc) is 2.26. The lowest BCUT2D eigenvalue weighted by Crippen LogP contribution is -2.35. The van der Waals surface area contributed by atoms with Crippen molar-refractivity contribution in [1.29, 1.82) is 0 Å². The number of hydrogen-bond donors (Lipinski definition) is 2. The molecule has 2 N–H and O–H groups in total. The predicted octanol–water partition coefficient (Wildman–Crippen LogP) is 0.422. The number of nitrogens with zero attached hydrogens (tertiary/aromatic N) is 2. The Balaban J connectivity index is 2.45. The normalized spacial score (nSPS) is 10.0. The van der Waals surface area contributed by atoms with Crippen molar-refractivity contribution in [2.75, 3.05) is 19.0 Å². The highest BCUT2D eigenvalue weighted by molar-refractivity contribution is 5.80. The van der Waals surface area contributed by atoms with Crippen molar-refractivity contribution >= 4 is 11.9 Å². The Hall–Kier alpha value is -1.85. The molecule has 1 rings (SSSR count). The third-order valence-corrected chi connectivity index (χ3v) is 1.70. The molecule has 6 heteroatoms. The zero-order valence-electron chi connectivity index (χ0n) is 9.65. The van der Waals surface area contributed by atoms with E-state index in [0.29, 0.717) is 11.8 Å². The summed E-state index contributed by atoms with van der Waals surface area (Å²) in [7, 11) is 1.53. The number of hydrogen-bond acceptors (Lipinski definition) is 5. The van der Waals surface area contributed by atoms with Crippen molar-refractivity contribution in [2.45, 2.75) is 19.9 Å². The first kappa shape index (κ1) is 12.2. The molecule has 0 unspecified atom stereocenters. The van der Waals surface area contributed by atoms with Gasteiger partial charge < -0.3 is 15.4 Å². The van der Waals surface area contributed by atoms with Crippen LogP contribution in [0.5, 0.6) is 5.88 Å². The highest BCUT2D eigenvalue weighted by Crippen LogP contribution is 2.06. The number of carbonyl (C=O) groups excluding carboxylic acids is 1. The first-order valence-electron chi connectivity index (χ1n) is 5.02. The van der Waals surface area contributed by atoms with E-state index in [1.54, 1.807) is 12.3 Å². The fraction of sp³-hybridized carbons (Fsp3) is 0.500. The van der Waals surface area contributed by atoms with Gasteiger partial charge in [-0.15, -0.1) is 0 Å². The van der Waals surface area contributed by atoms with Gasteiger partial charge in [-0.3, -0.25) is 4.79 Å². The molecule has 0 saturated carbocycles. The number of rotatable bonds is 5. The lowest BCUT2D eigenvalue weighted by atomic mass is 10.4. The van der Waals surface area contributed by atoms with Crippen molar-refractivity contribution in [1.82, 2.24) is 15.3 Å². The lowest BCUT2D eigenvalue weighted by molar-refractivity contribution is -0.119. The van der Waals surface area contributed by atoms with Crippen molar-refractivity contribution in [3.05, 3.63) is 12.3 Å². The summed E-state index contributed by atoms with van der Waals surface area (Å²) in [5.74, 6) is 0.737. The van der Waals surface area contributed by atoms with Crippen LogP contribution in [0.15, 0.2) is 12.3 Å². The topological polar surface area (TPSA) is 76.1 Å². The fourth-order valence-electron chi connectivity index (χ4n) is 1.07. The van der Waals surface area contributed by atoms with Gasteiger partial charge in [0.2, 0.25) is 17.7 Å². The molecule has 0 saturated heterocycles. The molecule has 16 heavy (non-hydrogen) atoms. The third-order valence-electron chi connectivity index (χ3n) is 1.70. The summed E-state index contributed by atoms with van der Waals surface area (Å²) in [4.78, 5) is 19.3. The number of anilines is 1. The zero-order chi connectivity index (χ0) is 12.0. The molecule has 0 bridgehead atoms. The maximum Gasteiger partial charge on any atom is 0.239 e. The van der Waals surface area contributed by atoms with Gasteiger partial charge in [-0.1, -0.05) is 0 Å². The minimum Gasteiger partial charge on any atom is -0.481 e. The third kappa shape index (κ3) is 4.12. The predicted molar refractivity (Wildman–Crippen MR) is 60.4 cm³/mol. The van der Waals surface area contributed by atoms with Crippen LogP contribution in [0, 0.1) is 0 Å². The minimum absolute atomic E-state index is 0.0959. The summed E-state index contributed by atoms with van der Waals surface area (Å²) in [6, 6.07) is 1.76. The Morgan fingerprint density at radius 2 is 2.31 bits per heavy atom. The first-order chi connectivity index (χ1) is 7.61. The monoisotopic (exact) mass is 224 g/mol. The Labute approximate surface area is 94.4 Å². The van der Waals surface area contributed by atoms with E-state index in [0.717, 1.165) is 0 Å². The second-order valence-electron chi connectivity index (χ2n) is 3.50. The van der Waals surface area contributed by atoms with Crippen LogP contribution in [0.1, 0.15) is 13.8 Å². The van der Waals surface area contributed by atoms with E-state index in [2.05, 4.69) is 20.6 Å². The van der Waals surface area contributed by atoms with Crippen LogP contribution in [0.2, 0.25) is 0 Å². The van der Waals surface area contributed by atoms with Gasteiger partial charge in [-0.2, -0.15) is 4.98 Å². The van der Waals surface area contributed by atoms with Crippen molar-refractivity contribution in [3.63, 3.8) is 0 Å². The molecule has 0 aliphatic rings. The molecular formula is C10H16N4O2. The number of methoxy groups -OCH3 is 1. The standard InChI is InChI=1S/C10H16N4O2/c1-7(2)13-8(15)6-12-10-11-5-4-9(14-10)16-3/h4-5,7H,6H2,1-3H3,(H,13,15)(H,11,12,14). The van der Waals surface area contributed by atoms with Crippen molar-refractivity contribution < 1.29 is 9.53 Å². The summed E-state index contributed by atoms with van der Waals surface area (Å²) < 4.78 is 4.93. The molecule has 0 aliphatic heterocycles.